The molecule has 180 valence electrons. The summed E-state index contributed by atoms with van der Waals surface area (Å²) in [5.41, 5.74) is 2.85. The number of rotatable bonds is 7. The van der Waals surface area contributed by atoms with E-state index in [1.807, 2.05) is 11.0 Å². The number of hydrogen-bond acceptors (Lipinski definition) is 4. The van der Waals surface area contributed by atoms with Crippen molar-refractivity contribution >= 4 is 29.0 Å². The van der Waals surface area contributed by atoms with Gasteiger partial charge in [0, 0.05) is 34.4 Å². The van der Waals surface area contributed by atoms with E-state index in [0.717, 1.165) is 61.1 Å². The molecule has 0 aromatic carbocycles. The van der Waals surface area contributed by atoms with Crippen LogP contribution in [0.5, 0.6) is 0 Å². The monoisotopic (exact) mass is 468 g/mol. The molecule has 2 unspecified atom stereocenters. The van der Waals surface area contributed by atoms with E-state index in [9.17, 15) is 13.6 Å². The highest BCUT2D eigenvalue weighted by molar-refractivity contribution is 5.99. The lowest BCUT2D eigenvalue weighted by Gasteiger charge is -2.28. The van der Waals surface area contributed by atoms with Crippen LogP contribution in [0, 0.1) is 0 Å². The Balaban J connectivity index is 1.58. The van der Waals surface area contributed by atoms with Gasteiger partial charge >= 0.3 is 0 Å². The summed E-state index contributed by atoms with van der Waals surface area (Å²) >= 11 is 0. The van der Waals surface area contributed by atoms with Crippen molar-refractivity contribution in [1.29, 1.82) is 0 Å². The molecule has 1 fully saturated rings. The van der Waals surface area contributed by atoms with Crippen LogP contribution in [0.1, 0.15) is 69.3 Å². The molecular formula is C26H30F2N4O2. The number of amides is 1. The molecule has 34 heavy (non-hydrogen) atoms. The third-order valence-corrected chi connectivity index (χ3v) is 7.04. The van der Waals surface area contributed by atoms with Gasteiger partial charge in [-0.15, -0.1) is 0 Å². The average molecular weight is 469 g/mol. The normalized spacial score (nSPS) is 20.0. The van der Waals surface area contributed by atoms with Crippen LogP contribution in [-0.2, 0) is 6.54 Å². The van der Waals surface area contributed by atoms with Gasteiger partial charge in [0.25, 0.3) is 12.3 Å². The van der Waals surface area contributed by atoms with Gasteiger partial charge in [-0.3, -0.25) is 14.5 Å². The lowest BCUT2D eigenvalue weighted by atomic mass is 10.1. The van der Waals surface area contributed by atoms with Gasteiger partial charge in [-0.2, -0.15) is 5.10 Å². The Morgan fingerprint density at radius 3 is 2.88 bits per heavy atom. The summed E-state index contributed by atoms with van der Waals surface area (Å²) in [5.74, 6) is -0.136. The number of nitrogens with zero attached hydrogens (tertiary/aromatic N) is 4. The third kappa shape index (κ3) is 4.03. The van der Waals surface area contributed by atoms with Gasteiger partial charge in [0.15, 0.2) is 0 Å². The Bertz CT molecular complexity index is 1330. The van der Waals surface area contributed by atoms with Crippen molar-refractivity contribution < 1.29 is 18.0 Å². The van der Waals surface area contributed by atoms with E-state index >= 15 is 0 Å². The molecule has 0 saturated carbocycles. The van der Waals surface area contributed by atoms with E-state index in [-0.39, 0.29) is 23.7 Å². The van der Waals surface area contributed by atoms with Crippen LogP contribution in [0.4, 0.5) is 8.78 Å². The molecule has 5 rings (SSSR count). The standard InChI is InChI=1S/C26H30F2N4O2/c1-3-4-7-17-11-10-16(2)32(17)26(33)21-12-22-19(13-29-21)25(30-31(22)14-24(27)28)20-15-34-23-9-6-5-8-18(20)23/h8-9,12-13,15-17,24H,3-7,10-11,14H2,1-2H3. The van der Waals surface area contributed by atoms with Gasteiger partial charge in [0.05, 0.1) is 5.52 Å². The molecule has 6 nitrogen and oxygen atoms in total. The topological polar surface area (TPSA) is 64.2 Å². The van der Waals surface area contributed by atoms with E-state index in [1.54, 1.807) is 18.5 Å². The van der Waals surface area contributed by atoms with Gasteiger partial charge < -0.3 is 9.32 Å². The Morgan fingerprint density at radius 1 is 1.26 bits per heavy atom. The van der Waals surface area contributed by atoms with Crippen LogP contribution in [0.15, 0.2) is 22.9 Å². The largest absolute Gasteiger partial charge is 0.464 e. The summed E-state index contributed by atoms with van der Waals surface area (Å²) in [6.45, 7) is 3.66. The van der Waals surface area contributed by atoms with Crippen molar-refractivity contribution in [3.8, 4) is 11.3 Å². The quantitative estimate of drug-likeness (QED) is 0.512. The number of halogens is 2. The maximum atomic E-state index is 13.5. The number of alkyl halides is 2. The van der Waals surface area contributed by atoms with Gasteiger partial charge in [-0.1, -0.05) is 25.8 Å². The maximum Gasteiger partial charge on any atom is 0.273 e. The molecule has 0 bridgehead atoms. The summed E-state index contributed by atoms with van der Waals surface area (Å²) < 4.78 is 33.8. The zero-order valence-electron chi connectivity index (χ0n) is 19.6. The lowest BCUT2D eigenvalue weighted by Crippen LogP contribution is -2.40. The van der Waals surface area contributed by atoms with Crippen LogP contribution in [-0.4, -0.2) is 44.1 Å². The fourth-order valence-corrected chi connectivity index (χ4v) is 5.32. The predicted molar refractivity (Wildman–Crippen MR) is 127 cm³/mol. The molecule has 0 N–H and O–H groups in total. The fourth-order valence-electron chi connectivity index (χ4n) is 5.32. The highest BCUT2D eigenvalue weighted by atomic mass is 19.3. The Hall–Kier alpha value is -3.03. The molecule has 3 aromatic rings. The molecule has 1 saturated heterocycles. The summed E-state index contributed by atoms with van der Waals surface area (Å²) in [6, 6.07) is 1.96. The molecular weight excluding hydrogens is 438 g/mol. The van der Waals surface area contributed by atoms with Gasteiger partial charge in [-0.25, -0.2) is 8.78 Å². The SMILES string of the molecule is CCCCC1CCC(C)N1C(=O)c1cc2c(cn1)c(-c1coc3c1=CCCC=3)nn2CC(F)F. The molecule has 1 aliphatic heterocycles. The number of unbranched alkanes of at least 4 members (excludes halogenated alkanes) is 1. The number of furan rings is 1. The number of carbonyl (C=O) groups is 1. The van der Waals surface area contributed by atoms with Crippen LogP contribution < -0.4 is 10.6 Å². The molecule has 0 spiro atoms. The zero-order chi connectivity index (χ0) is 23.8. The van der Waals surface area contributed by atoms with Crippen LogP contribution >= 0.6 is 0 Å². The van der Waals surface area contributed by atoms with Gasteiger partial charge in [0.2, 0.25) is 0 Å². The molecule has 1 amide bonds. The minimum Gasteiger partial charge on any atom is -0.464 e. The first kappa shape index (κ1) is 22.7. The maximum absolute atomic E-state index is 13.5. The summed E-state index contributed by atoms with van der Waals surface area (Å²) in [6.07, 6.45) is 11.6. The number of fused-ring (bicyclic) bond motifs is 2. The smallest absolute Gasteiger partial charge is 0.273 e. The highest BCUT2D eigenvalue weighted by Crippen LogP contribution is 2.31. The van der Waals surface area contributed by atoms with Crippen molar-refractivity contribution in [1.82, 2.24) is 19.7 Å². The van der Waals surface area contributed by atoms with Crippen molar-refractivity contribution in [3.63, 3.8) is 0 Å². The highest BCUT2D eigenvalue weighted by Gasteiger charge is 2.35. The summed E-state index contributed by atoms with van der Waals surface area (Å²) in [7, 11) is 0. The molecule has 1 aliphatic carbocycles. The van der Waals surface area contributed by atoms with E-state index < -0.39 is 13.0 Å². The third-order valence-electron chi connectivity index (χ3n) is 7.04. The second-order valence-corrected chi connectivity index (χ2v) is 9.36. The zero-order valence-corrected chi connectivity index (χ0v) is 19.6. The fraction of sp³-hybridized carbons (Fsp3) is 0.500. The second-order valence-electron chi connectivity index (χ2n) is 9.36. The minimum atomic E-state index is -2.57. The van der Waals surface area contributed by atoms with E-state index in [2.05, 4.69) is 30.0 Å². The second kappa shape index (κ2) is 9.31. The molecule has 4 heterocycles. The Morgan fingerprint density at radius 2 is 2.09 bits per heavy atom. The minimum absolute atomic E-state index is 0.136. The predicted octanol–water partition coefficient (Wildman–Crippen LogP) is 4.49. The molecule has 8 heteroatoms. The van der Waals surface area contributed by atoms with Crippen LogP contribution in [0.3, 0.4) is 0 Å². The number of pyridine rings is 1. The Kier molecular flexibility index (Phi) is 6.23. The van der Waals surface area contributed by atoms with Crippen molar-refractivity contribution in [2.24, 2.45) is 0 Å². The van der Waals surface area contributed by atoms with E-state index in [0.29, 0.717) is 16.6 Å². The average Bonchev–Trinajstić information content (AvgIpc) is 3.52. The van der Waals surface area contributed by atoms with Crippen molar-refractivity contribution in [3.05, 3.63) is 34.9 Å². The first-order chi connectivity index (χ1) is 16.5. The van der Waals surface area contributed by atoms with Gasteiger partial charge in [-0.05, 0) is 51.2 Å². The summed E-state index contributed by atoms with van der Waals surface area (Å²) in [5, 5.41) is 6.09. The molecule has 2 aliphatic rings. The molecule has 2 atom stereocenters. The van der Waals surface area contributed by atoms with Crippen LogP contribution in [0.2, 0.25) is 0 Å². The summed E-state index contributed by atoms with van der Waals surface area (Å²) in [4.78, 5) is 19.9. The van der Waals surface area contributed by atoms with Gasteiger partial charge in [0.1, 0.15) is 29.6 Å². The van der Waals surface area contributed by atoms with Crippen molar-refractivity contribution in [2.75, 3.05) is 0 Å². The lowest BCUT2D eigenvalue weighted by molar-refractivity contribution is 0.0665. The molecule has 3 aromatic heterocycles. The van der Waals surface area contributed by atoms with E-state index in [4.69, 9.17) is 4.42 Å². The first-order valence-electron chi connectivity index (χ1n) is 12.2. The Labute approximate surface area is 196 Å². The number of hydrogen-bond donors (Lipinski definition) is 0. The van der Waals surface area contributed by atoms with E-state index in [1.165, 1.54) is 4.68 Å². The first-order valence-corrected chi connectivity index (χ1v) is 12.2. The molecule has 0 radical (unpaired) electrons. The number of aromatic nitrogens is 3. The van der Waals surface area contributed by atoms with Crippen LogP contribution in [0.25, 0.3) is 34.3 Å². The number of likely N-dealkylation sites (tertiary alicyclic amines) is 1. The number of carbonyl (C=O) groups excluding carboxylic acids is 1. The van der Waals surface area contributed by atoms with Crippen molar-refractivity contribution in [2.45, 2.75) is 83.8 Å².